The fourth-order valence-electron chi connectivity index (χ4n) is 15.3. The largest absolute Gasteiger partial charge is 0.573 e. The zero-order valence-electron chi connectivity index (χ0n) is 63.9. The Bertz CT molecular complexity index is 5500. The molecule has 0 unspecified atom stereocenters. The molecule has 0 atom stereocenters. The van der Waals surface area contributed by atoms with E-state index in [2.05, 4.69) is 24.7 Å². The van der Waals surface area contributed by atoms with Gasteiger partial charge >= 0.3 is 42.7 Å². The number of ether oxygens (including phenoxy) is 4. The summed E-state index contributed by atoms with van der Waals surface area (Å²) in [7, 11) is 0. The number of para-hydroxylation sites is 2. The Morgan fingerprint density at radius 3 is 1.26 bits per heavy atom. The Kier molecular flexibility index (Phi) is 25.1. The van der Waals surface area contributed by atoms with Crippen LogP contribution >= 0.6 is 0 Å². The molecule has 0 aliphatic carbocycles. The van der Waals surface area contributed by atoms with Crippen LogP contribution in [0.15, 0.2) is 176 Å². The van der Waals surface area contributed by atoms with Crippen molar-refractivity contribution in [2.45, 2.75) is 101 Å². The summed E-state index contributed by atoms with van der Waals surface area (Å²) in [5, 5.41) is 27.2. The molecular formula is C85H74F12N10O13. The molecule has 6 aliphatic heterocycles. The molecule has 2 aromatic heterocycles. The molecule has 8 aromatic carbocycles. The molecule has 3 spiro atoms. The van der Waals surface area contributed by atoms with Gasteiger partial charge in [0.15, 0.2) is 46.5 Å². The first-order valence-electron chi connectivity index (χ1n) is 37.7. The third-order valence-electron chi connectivity index (χ3n) is 21.7. The molecule has 2 N–H and O–H groups in total. The maximum Gasteiger partial charge on any atom is 0.573 e. The topological polar surface area (TPSA) is 252 Å². The number of rotatable bonds is 17. The summed E-state index contributed by atoms with van der Waals surface area (Å²) in [5.41, 5.74) is 2.41. The first-order valence-corrected chi connectivity index (χ1v) is 37.7. The summed E-state index contributed by atoms with van der Waals surface area (Å²) in [4.78, 5) is 87.2. The number of piperidine rings is 3. The predicted molar refractivity (Wildman–Crippen MR) is 407 cm³/mol. The summed E-state index contributed by atoms with van der Waals surface area (Å²) in [6.45, 7) is 8.91. The predicted octanol–water partition coefficient (Wildman–Crippen LogP) is 17.0. The zero-order valence-corrected chi connectivity index (χ0v) is 63.9. The third-order valence-corrected chi connectivity index (χ3v) is 21.7. The average molecular weight is 1670 g/mol. The molecule has 8 heterocycles. The number of anilines is 3. The number of carbonyl (C=O) groups is 5. The molecule has 0 saturated carbocycles. The van der Waals surface area contributed by atoms with Crippen molar-refractivity contribution in [3.8, 4) is 45.1 Å². The van der Waals surface area contributed by atoms with Crippen molar-refractivity contribution in [3.63, 3.8) is 0 Å². The van der Waals surface area contributed by atoms with Crippen LogP contribution in [0.1, 0.15) is 95.8 Å². The third kappa shape index (κ3) is 19.0. The lowest BCUT2D eigenvalue weighted by Crippen LogP contribution is -2.46. The van der Waals surface area contributed by atoms with E-state index in [9.17, 15) is 76.7 Å². The summed E-state index contributed by atoms with van der Waals surface area (Å²) in [6, 6.07) is 39.0. The summed E-state index contributed by atoms with van der Waals surface area (Å²) in [6.07, 6.45) is 0.609. The summed E-state index contributed by atoms with van der Waals surface area (Å²) < 4.78 is 190. The first-order chi connectivity index (χ1) is 57.2. The highest BCUT2D eigenvalue weighted by molar-refractivity contribution is 5.94. The lowest BCUT2D eigenvalue weighted by atomic mass is 9.90. The van der Waals surface area contributed by atoms with Crippen LogP contribution < -0.4 is 19.4 Å². The smallest absolute Gasteiger partial charge is 0.478 e. The van der Waals surface area contributed by atoms with Gasteiger partial charge in [0.2, 0.25) is 0 Å². The number of aromatic nitrogens is 4. The number of halogens is 12. The lowest BCUT2D eigenvalue weighted by Gasteiger charge is -2.37. The van der Waals surface area contributed by atoms with Crippen molar-refractivity contribution in [1.82, 2.24) is 34.3 Å². The second kappa shape index (κ2) is 35.4. The van der Waals surface area contributed by atoms with Crippen molar-refractivity contribution >= 4 is 53.4 Å². The number of carboxylic acid groups (broad SMARTS) is 2. The van der Waals surface area contributed by atoms with Crippen molar-refractivity contribution in [2.75, 3.05) is 73.6 Å². The van der Waals surface area contributed by atoms with E-state index in [0.717, 1.165) is 47.8 Å². The van der Waals surface area contributed by atoms with Crippen LogP contribution in [0, 0.1) is 52.4 Å². The molecule has 6 saturated heterocycles. The van der Waals surface area contributed by atoms with Gasteiger partial charge in [-0.1, -0.05) is 42.5 Å². The maximum atomic E-state index is 14.8. The Morgan fingerprint density at radius 2 is 0.825 bits per heavy atom. The molecule has 16 rings (SSSR count). The number of likely N-dealkylation sites (tertiary alicyclic amines) is 3. The summed E-state index contributed by atoms with van der Waals surface area (Å²) >= 11 is 0. The molecule has 6 fully saturated rings. The van der Waals surface area contributed by atoms with Crippen molar-refractivity contribution < 1.29 is 115 Å². The standard InChI is InChI=1S/C30H25F3N4O4.C27H22F6N2O3.C27H27F3N4O4.CO2/c31-24-15-26(33)25(32)14-23(24)27-20(17-37(34-27)22-4-2-1-3-5-22)16-35-12-10-30(11-13-35)18-36(29(40)41-30)21-8-6-19(7-9-21)28(38)39;28-22-9-8-21(23(29)24(22)30)20-7-6-19(37-27(31,32)33)14-17(20)15-34-12-10-26(11-13-34)16-35(25(36)38-26)18-4-2-1-3-5-18;1-16(2)34-14-18(24(31-34)20-7-8-21(28)23(30)22(20)29)13-32-11-9-27(10-12-32)15-33(26(37)38-27)19-5-3-17(4-6-19)25(35)36;2-1-3/h1-9,14-15,17H,10-13,16,18H2,(H,38,39);1-9,14H,10-13,15-16H2;3-8,14,16H,9-13,15H2,1-2H3,(H,35,36);. The number of hydrogen-bond acceptors (Lipinski definition) is 16. The molecule has 120 heavy (non-hydrogen) atoms. The monoisotopic (exact) mass is 1670 g/mol. The molecule has 35 heteroatoms. The highest BCUT2D eigenvalue weighted by Gasteiger charge is 2.51. The minimum atomic E-state index is -4.94. The van der Waals surface area contributed by atoms with E-state index in [1.807, 2.05) is 79.4 Å². The van der Waals surface area contributed by atoms with E-state index >= 15 is 0 Å². The van der Waals surface area contributed by atoms with E-state index in [1.54, 1.807) is 50.9 Å². The second-order valence-electron chi connectivity index (χ2n) is 29.8. The van der Waals surface area contributed by atoms with Crippen LogP contribution in [0.3, 0.4) is 0 Å². The highest BCUT2D eigenvalue weighted by atomic mass is 19.4. The van der Waals surface area contributed by atoms with Crippen molar-refractivity contribution in [3.05, 3.63) is 256 Å². The van der Waals surface area contributed by atoms with Gasteiger partial charge in [0.1, 0.15) is 34.1 Å². The number of hydrogen-bond donors (Lipinski definition) is 2. The lowest BCUT2D eigenvalue weighted by molar-refractivity contribution is -0.274. The Balaban J connectivity index is 0.000000153. The number of nitrogens with zero attached hydrogens (tertiary/aromatic N) is 10. The Morgan fingerprint density at radius 1 is 0.442 bits per heavy atom. The molecule has 6 aliphatic rings. The minimum Gasteiger partial charge on any atom is -0.478 e. The van der Waals surface area contributed by atoms with E-state index in [1.165, 1.54) is 46.2 Å². The van der Waals surface area contributed by atoms with Gasteiger partial charge in [-0.2, -0.15) is 19.8 Å². The van der Waals surface area contributed by atoms with Gasteiger partial charge < -0.3 is 29.2 Å². The quantitative estimate of drug-likeness (QED) is 0.0372. The molecule has 23 nitrogen and oxygen atoms in total. The number of carboxylic acids is 2. The van der Waals surface area contributed by atoms with Crippen molar-refractivity contribution in [1.29, 1.82) is 0 Å². The molecule has 3 amide bonds. The van der Waals surface area contributed by atoms with E-state index in [-0.39, 0.29) is 69.1 Å². The van der Waals surface area contributed by atoms with E-state index in [0.29, 0.717) is 139 Å². The number of benzene rings is 8. The van der Waals surface area contributed by atoms with Crippen LogP contribution in [0.25, 0.3) is 39.3 Å². The average Bonchev–Trinajstić information content (AvgIpc) is 1.58. The van der Waals surface area contributed by atoms with Gasteiger partial charge in [0, 0.05) is 167 Å². The fraction of sp³-hybridized carbons (Fsp3) is 0.294. The van der Waals surface area contributed by atoms with Crippen LogP contribution in [-0.4, -0.2) is 163 Å². The number of carbonyl (C=O) groups excluding carboxylic acids is 5. The van der Waals surface area contributed by atoms with Gasteiger partial charge in [-0.25, -0.2) is 68.2 Å². The minimum absolute atomic E-state index is 0.0195. The number of alkyl halides is 3. The van der Waals surface area contributed by atoms with E-state index in [4.69, 9.17) is 34.0 Å². The van der Waals surface area contributed by atoms with Crippen LogP contribution in [0.5, 0.6) is 5.75 Å². The van der Waals surface area contributed by atoms with Gasteiger partial charge in [-0.3, -0.25) is 34.1 Å². The SMILES string of the molecule is CC(C)n1cc(CN2CCC3(CC2)CN(c2ccc(C(=O)O)cc2)C(=O)O3)c(-c2ccc(F)c(F)c2F)n1.O=C(O)c1ccc(N2CC3(CCN(Cc4cn(-c5ccccc5)nc4-c4cc(F)c(F)cc4F)CC3)OC2=O)cc1.O=C1OC2(CCN(Cc3cc(OC(F)(F)F)ccc3-c3ccc(F)c(F)c3F)CC2)CN1c1ccccc1.O=C=O. The molecule has 0 bridgehead atoms. The Hall–Kier alpha value is -12.9. The van der Waals surface area contributed by atoms with Crippen molar-refractivity contribution in [2.24, 2.45) is 0 Å². The van der Waals surface area contributed by atoms with Gasteiger partial charge in [0.05, 0.1) is 42.1 Å². The van der Waals surface area contributed by atoms with Crippen LogP contribution in [-0.2, 0) is 43.4 Å². The zero-order chi connectivity index (χ0) is 85.7. The normalized spacial score (nSPS) is 16.9. The molecule has 0 radical (unpaired) electrons. The van der Waals surface area contributed by atoms with Gasteiger partial charge in [0.25, 0.3) is 0 Å². The first kappa shape index (κ1) is 85.0. The van der Waals surface area contributed by atoms with Crippen LogP contribution in [0.4, 0.5) is 84.1 Å². The Labute approximate surface area is 676 Å². The highest BCUT2D eigenvalue weighted by Crippen LogP contribution is 2.43. The number of amides is 3. The van der Waals surface area contributed by atoms with E-state index < -0.39 is 111 Å². The number of aromatic carboxylic acids is 2. The summed E-state index contributed by atoms with van der Waals surface area (Å²) in [5.74, 6) is -14.5. The molecular weight excluding hydrogens is 1600 g/mol. The van der Waals surface area contributed by atoms with Gasteiger partial charge in [-0.15, -0.1) is 13.2 Å². The second-order valence-corrected chi connectivity index (χ2v) is 29.8. The fourth-order valence-corrected chi connectivity index (χ4v) is 15.3. The maximum absolute atomic E-state index is 14.8. The van der Waals surface area contributed by atoms with Crippen LogP contribution in [0.2, 0.25) is 0 Å². The molecule has 10 aromatic rings. The van der Waals surface area contributed by atoms with Gasteiger partial charge in [-0.05, 0) is 140 Å². The molecule has 626 valence electrons.